The second-order valence-corrected chi connectivity index (χ2v) is 4.39. The Morgan fingerprint density at radius 3 is 2.29 bits per heavy atom. The van der Waals surface area contributed by atoms with Gasteiger partial charge in [0, 0.05) is 11.1 Å². The van der Waals surface area contributed by atoms with Gasteiger partial charge in [-0.2, -0.15) is 13.2 Å². The summed E-state index contributed by atoms with van der Waals surface area (Å²) in [4.78, 5) is 10.8. The Hall–Kier alpha value is -2.37. The number of carboxylic acid groups (broad SMARTS) is 1. The van der Waals surface area contributed by atoms with E-state index >= 15 is 0 Å². The molecule has 0 radical (unpaired) electrons. The summed E-state index contributed by atoms with van der Waals surface area (Å²) in [5.74, 6) is -2.12. The largest absolute Gasteiger partial charge is 0.481 e. The fourth-order valence-corrected chi connectivity index (χ4v) is 2.13. The van der Waals surface area contributed by atoms with E-state index in [9.17, 15) is 22.4 Å². The molecule has 0 aliphatic rings. The van der Waals surface area contributed by atoms with Crippen LogP contribution in [0.5, 0.6) is 0 Å². The van der Waals surface area contributed by atoms with E-state index in [2.05, 4.69) is 0 Å². The Morgan fingerprint density at radius 2 is 1.71 bits per heavy atom. The Bertz CT molecular complexity index is 678. The molecule has 2 nitrogen and oxygen atoms in total. The zero-order chi connectivity index (χ0) is 15.6. The van der Waals surface area contributed by atoms with Gasteiger partial charge in [-0.1, -0.05) is 30.3 Å². The molecule has 0 bridgehead atoms. The number of aliphatic carboxylic acids is 1. The van der Waals surface area contributed by atoms with Crippen molar-refractivity contribution in [2.45, 2.75) is 12.6 Å². The van der Waals surface area contributed by atoms with Crippen LogP contribution in [0.15, 0.2) is 42.5 Å². The maximum atomic E-state index is 13.8. The second kappa shape index (κ2) is 5.55. The Labute approximate surface area is 117 Å². The zero-order valence-electron chi connectivity index (χ0n) is 10.6. The molecule has 2 aromatic rings. The third-order valence-corrected chi connectivity index (χ3v) is 2.94. The fourth-order valence-electron chi connectivity index (χ4n) is 2.13. The van der Waals surface area contributed by atoms with Crippen molar-refractivity contribution in [2.24, 2.45) is 0 Å². The lowest BCUT2D eigenvalue weighted by molar-refractivity contribution is -0.138. The van der Waals surface area contributed by atoms with Gasteiger partial charge in [-0.05, 0) is 17.7 Å². The molecule has 0 fully saturated rings. The highest BCUT2D eigenvalue weighted by Gasteiger charge is 2.35. The summed E-state index contributed by atoms with van der Waals surface area (Å²) in [5, 5.41) is 8.83. The lowest BCUT2D eigenvalue weighted by atomic mass is 9.92. The minimum absolute atomic E-state index is 0.0811. The van der Waals surface area contributed by atoms with Gasteiger partial charge in [0.25, 0.3) is 0 Å². The molecule has 0 saturated carbocycles. The third kappa shape index (κ3) is 3.21. The van der Waals surface area contributed by atoms with Crippen molar-refractivity contribution in [3.05, 3.63) is 59.4 Å². The highest BCUT2D eigenvalue weighted by molar-refractivity contribution is 5.79. The molecule has 0 heterocycles. The van der Waals surface area contributed by atoms with E-state index in [1.54, 1.807) is 0 Å². The minimum atomic E-state index is -4.70. The number of alkyl halides is 3. The molecule has 0 aliphatic carbocycles. The zero-order valence-corrected chi connectivity index (χ0v) is 10.6. The number of carbonyl (C=O) groups is 1. The quantitative estimate of drug-likeness (QED) is 0.865. The highest BCUT2D eigenvalue weighted by Crippen LogP contribution is 2.40. The van der Waals surface area contributed by atoms with Crippen LogP contribution in [0.1, 0.15) is 11.1 Å². The average molecular weight is 298 g/mol. The van der Waals surface area contributed by atoms with Crippen LogP contribution in [0.4, 0.5) is 17.6 Å². The van der Waals surface area contributed by atoms with E-state index in [1.165, 1.54) is 24.3 Å². The molecule has 2 rings (SSSR count). The SMILES string of the molecule is O=C(O)Cc1cccc(C(F)(F)F)c1-c1ccccc1F. The van der Waals surface area contributed by atoms with Crippen LogP contribution in [0.3, 0.4) is 0 Å². The summed E-state index contributed by atoms with van der Waals surface area (Å²) in [6.45, 7) is 0. The minimum Gasteiger partial charge on any atom is -0.481 e. The maximum Gasteiger partial charge on any atom is 0.417 e. The smallest absolute Gasteiger partial charge is 0.417 e. The van der Waals surface area contributed by atoms with E-state index in [-0.39, 0.29) is 11.1 Å². The van der Waals surface area contributed by atoms with Gasteiger partial charge in [0.15, 0.2) is 0 Å². The van der Waals surface area contributed by atoms with Crippen LogP contribution < -0.4 is 0 Å². The van der Waals surface area contributed by atoms with Crippen molar-refractivity contribution >= 4 is 5.97 Å². The maximum absolute atomic E-state index is 13.8. The van der Waals surface area contributed by atoms with Crippen molar-refractivity contribution in [3.8, 4) is 11.1 Å². The number of carboxylic acids is 1. The number of hydrogen-bond acceptors (Lipinski definition) is 1. The average Bonchev–Trinajstić information content (AvgIpc) is 2.38. The molecule has 1 N–H and O–H groups in total. The van der Waals surface area contributed by atoms with Crippen molar-refractivity contribution in [3.63, 3.8) is 0 Å². The molecule has 0 unspecified atom stereocenters. The summed E-state index contributed by atoms with van der Waals surface area (Å²) >= 11 is 0. The molecular weight excluding hydrogens is 288 g/mol. The van der Waals surface area contributed by atoms with E-state index in [0.29, 0.717) is 0 Å². The normalized spacial score (nSPS) is 11.4. The van der Waals surface area contributed by atoms with Gasteiger partial charge in [0.1, 0.15) is 5.82 Å². The van der Waals surface area contributed by atoms with Gasteiger partial charge in [0.2, 0.25) is 0 Å². The molecule has 0 atom stereocenters. The van der Waals surface area contributed by atoms with Gasteiger partial charge in [-0.25, -0.2) is 4.39 Å². The topological polar surface area (TPSA) is 37.3 Å². The first-order valence-electron chi connectivity index (χ1n) is 5.96. The van der Waals surface area contributed by atoms with Gasteiger partial charge in [0.05, 0.1) is 12.0 Å². The van der Waals surface area contributed by atoms with Gasteiger partial charge in [-0.15, -0.1) is 0 Å². The molecule has 2 aromatic carbocycles. The Balaban J connectivity index is 2.76. The fraction of sp³-hybridized carbons (Fsp3) is 0.133. The molecule has 6 heteroatoms. The molecule has 0 saturated heterocycles. The van der Waals surface area contributed by atoms with Crippen LogP contribution in [0.2, 0.25) is 0 Å². The highest BCUT2D eigenvalue weighted by atomic mass is 19.4. The molecule has 110 valence electrons. The summed E-state index contributed by atoms with van der Waals surface area (Å²) in [6.07, 6.45) is -5.32. The summed E-state index contributed by atoms with van der Waals surface area (Å²) in [7, 11) is 0. The van der Waals surface area contributed by atoms with E-state index in [0.717, 1.165) is 18.2 Å². The summed E-state index contributed by atoms with van der Waals surface area (Å²) < 4.78 is 53.2. The number of hydrogen-bond donors (Lipinski definition) is 1. The van der Waals surface area contributed by atoms with Crippen molar-refractivity contribution in [2.75, 3.05) is 0 Å². The number of benzene rings is 2. The van der Waals surface area contributed by atoms with Crippen molar-refractivity contribution in [1.29, 1.82) is 0 Å². The number of halogens is 4. The van der Waals surface area contributed by atoms with Crippen LogP contribution >= 0.6 is 0 Å². The first-order valence-corrected chi connectivity index (χ1v) is 5.96. The predicted molar refractivity (Wildman–Crippen MR) is 68.2 cm³/mol. The first kappa shape index (κ1) is 15.0. The van der Waals surface area contributed by atoms with Crippen LogP contribution in [-0.4, -0.2) is 11.1 Å². The predicted octanol–water partition coefficient (Wildman–Crippen LogP) is 4.14. The molecule has 21 heavy (non-hydrogen) atoms. The summed E-state index contributed by atoms with van der Waals surface area (Å²) in [6, 6.07) is 8.17. The van der Waals surface area contributed by atoms with Crippen LogP contribution in [0, 0.1) is 5.82 Å². The van der Waals surface area contributed by atoms with E-state index in [4.69, 9.17) is 5.11 Å². The molecule has 0 aromatic heterocycles. The molecular formula is C15H10F4O2. The van der Waals surface area contributed by atoms with Crippen LogP contribution in [-0.2, 0) is 17.4 Å². The Kier molecular flexibility index (Phi) is 3.97. The van der Waals surface area contributed by atoms with Crippen molar-refractivity contribution in [1.82, 2.24) is 0 Å². The molecule has 0 aliphatic heterocycles. The third-order valence-electron chi connectivity index (χ3n) is 2.94. The van der Waals surface area contributed by atoms with E-state index in [1.807, 2.05) is 0 Å². The lowest BCUT2D eigenvalue weighted by Gasteiger charge is -2.17. The lowest BCUT2D eigenvalue weighted by Crippen LogP contribution is -2.11. The van der Waals surface area contributed by atoms with Crippen LogP contribution in [0.25, 0.3) is 11.1 Å². The number of rotatable bonds is 3. The second-order valence-electron chi connectivity index (χ2n) is 4.39. The Morgan fingerprint density at radius 1 is 1.05 bits per heavy atom. The van der Waals surface area contributed by atoms with Crippen molar-refractivity contribution < 1.29 is 27.5 Å². The first-order chi connectivity index (χ1) is 9.80. The summed E-state index contributed by atoms with van der Waals surface area (Å²) in [5.41, 5.74) is -1.82. The molecule has 0 spiro atoms. The standard InChI is InChI=1S/C15H10F4O2/c16-12-7-2-1-5-10(12)14-9(8-13(20)21)4-3-6-11(14)15(17,18)19/h1-7H,8H2,(H,20,21). The molecule has 0 amide bonds. The van der Waals surface area contributed by atoms with Gasteiger partial charge >= 0.3 is 12.1 Å². The van der Waals surface area contributed by atoms with Gasteiger partial charge < -0.3 is 5.11 Å². The monoisotopic (exact) mass is 298 g/mol. The van der Waals surface area contributed by atoms with E-state index < -0.39 is 35.5 Å². The van der Waals surface area contributed by atoms with Gasteiger partial charge in [-0.3, -0.25) is 4.79 Å².